The lowest BCUT2D eigenvalue weighted by atomic mass is 10.1. The van der Waals surface area contributed by atoms with Crippen LogP contribution in [0.5, 0.6) is 0 Å². The number of pyridine rings is 1. The molecule has 1 atom stereocenters. The third kappa shape index (κ3) is 10.7. The first kappa shape index (κ1) is 31.1. The monoisotopic (exact) mass is 555 g/mol. The molecule has 0 aromatic carbocycles. The molecule has 4 rings (SSSR count). The highest BCUT2D eigenvalue weighted by molar-refractivity contribution is 5.73. The van der Waals surface area contributed by atoms with Crippen LogP contribution in [0.15, 0.2) is 42.7 Å². The van der Waals surface area contributed by atoms with Crippen LogP contribution in [0.25, 0.3) is 0 Å². The van der Waals surface area contributed by atoms with Crippen LogP contribution >= 0.6 is 0 Å². The smallest absolute Gasteiger partial charge is 0.475 e. The fourth-order valence-corrected chi connectivity index (χ4v) is 3.70. The molecule has 4 heterocycles. The molecular formula is C23H27F6N3O6. The molecule has 0 bridgehead atoms. The highest BCUT2D eigenvalue weighted by atomic mass is 19.4. The van der Waals surface area contributed by atoms with Gasteiger partial charge < -0.3 is 24.3 Å². The number of aliphatic carboxylic acids is 2. The van der Waals surface area contributed by atoms with E-state index in [4.69, 9.17) is 29.3 Å². The summed E-state index contributed by atoms with van der Waals surface area (Å²) >= 11 is 0. The van der Waals surface area contributed by atoms with Crippen molar-refractivity contribution in [1.29, 1.82) is 0 Å². The van der Waals surface area contributed by atoms with Crippen molar-refractivity contribution < 1.29 is 55.6 Å². The Morgan fingerprint density at radius 2 is 1.58 bits per heavy atom. The number of nitrogens with zero attached hydrogens (tertiary/aromatic N) is 3. The van der Waals surface area contributed by atoms with Gasteiger partial charge in [0.1, 0.15) is 0 Å². The summed E-state index contributed by atoms with van der Waals surface area (Å²) in [4.78, 5) is 24.7. The lowest BCUT2D eigenvalue weighted by Gasteiger charge is -2.34. The molecule has 0 spiro atoms. The van der Waals surface area contributed by atoms with E-state index in [-0.39, 0.29) is 6.10 Å². The summed E-state index contributed by atoms with van der Waals surface area (Å²) in [6, 6.07) is 10.9. The largest absolute Gasteiger partial charge is 0.490 e. The molecule has 9 nitrogen and oxygen atoms in total. The minimum absolute atomic E-state index is 0.184. The lowest BCUT2D eigenvalue weighted by Crippen LogP contribution is -2.42. The Bertz CT molecular complexity index is 985. The Morgan fingerprint density at radius 3 is 2.11 bits per heavy atom. The van der Waals surface area contributed by atoms with Gasteiger partial charge in [-0.05, 0) is 37.1 Å². The SMILES string of the molecule is O=C(O)C(F)(F)F.O=C(O)C(F)(F)F.c1ccc(COC2CN(C3CCOCC3)Cc3cccn3C2)nc1. The Hall–Kier alpha value is -3.17. The third-order valence-electron chi connectivity index (χ3n) is 5.51. The summed E-state index contributed by atoms with van der Waals surface area (Å²) in [6.45, 7) is 5.21. The fourth-order valence-electron chi connectivity index (χ4n) is 3.70. The average Bonchev–Trinajstić information content (AvgIpc) is 3.21. The Balaban J connectivity index is 0.000000301. The number of alkyl halides is 6. The predicted octanol–water partition coefficient (Wildman–Crippen LogP) is 3.73. The molecule has 1 saturated heterocycles. The van der Waals surface area contributed by atoms with E-state index in [1.54, 1.807) is 0 Å². The van der Waals surface area contributed by atoms with Crippen molar-refractivity contribution in [3.05, 3.63) is 54.1 Å². The van der Waals surface area contributed by atoms with Crippen molar-refractivity contribution in [2.24, 2.45) is 0 Å². The minimum atomic E-state index is -5.08. The maximum Gasteiger partial charge on any atom is 0.490 e. The number of hydrogen-bond donors (Lipinski definition) is 2. The molecule has 38 heavy (non-hydrogen) atoms. The summed E-state index contributed by atoms with van der Waals surface area (Å²) in [5, 5.41) is 14.2. The minimum Gasteiger partial charge on any atom is -0.475 e. The zero-order valence-corrected chi connectivity index (χ0v) is 20.0. The van der Waals surface area contributed by atoms with Crippen molar-refractivity contribution in [1.82, 2.24) is 14.5 Å². The quantitative estimate of drug-likeness (QED) is 0.549. The van der Waals surface area contributed by atoms with Gasteiger partial charge in [-0.3, -0.25) is 9.88 Å². The van der Waals surface area contributed by atoms with E-state index in [0.29, 0.717) is 12.6 Å². The second-order valence-corrected chi connectivity index (χ2v) is 8.28. The van der Waals surface area contributed by atoms with Crippen molar-refractivity contribution in [3.8, 4) is 0 Å². The van der Waals surface area contributed by atoms with Gasteiger partial charge in [-0.25, -0.2) is 9.59 Å². The van der Waals surface area contributed by atoms with Crippen LogP contribution in [0.3, 0.4) is 0 Å². The first-order chi connectivity index (χ1) is 17.8. The number of fused-ring (bicyclic) bond motifs is 1. The van der Waals surface area contributed by atoms with Gasteiger partial charge in [0.05, 0.1) is 18.4 Å². The molecule has 1 fully saturated rings. The molecule has 212 valence electrons. The maximum atomic E-state index is 10.6. The molecule has 0 aliphatic carbocycles. The molecule has 2 aromatic rings. The molecule has 0 saturated carbocycles. The number of rotatable bonds is 4. The van der Waals surface area contributed by atoms with Gasteiger partial charge in [0.2, 0.25) is 0 Å². The number of hydrogen-bond acceptors (Lipinski definition) is 6. The first-order valence-corrected chi connectivity index (χ1v) is 11.3. The Kier molecular flexibility index (Phi) is 11.5. The average molecular weight is 555 g/mol. The van der Waals surface area contributed by atoms with Crippen LogP contribution in [0.4, 0.5) is 26.3 Å². The molecule has 0 radical (unpaired) electrons. The van der Waals surface area contributed by atoms with Crippen molar-refractivity contribution in [3.63, 3.8) is 0 Å². The molecule has 1 unspecified atom stereocenters. The van der Waals surface area contributed by atoms with E-state index in [0.717, 1.165) is 51.4 Å². The van der Waals surface area contributed by atoms with Gasteiger partial charge in [0.15, 0.2) is 0 Å². The first-order valence-electron chi connectivity index (χ1n) is 11.3. The van der Waals surface area contributed by atoms with E-state index in [1.807, 2.05) is 24.4 Å². The van der Waals surface area contributed by atoms with Gasteiger partial charge in [0.25, 0.3) is 0 Å². The number of carboxylic acids is 2. The molecule has 2 aromatic heterocycles. The molecule has 15 heteroatoms. The molecule has 0 amide bonds. The number of carbonyl (C=O) groups is 2. The highest BCUT2D eigenvalue weighted by Gasteiger charge is 2.39. The summed E-state index contributed by atoms with van der Waals surface area (Å²) in [5.41, 5.74) is 2.37. The van der Waals surface area contributed by atoms with Crippen LogP contribution in [-0.2, 0) is 38.8 Å². The number of carboxylic acid groups (broad SMARTS) is 2. The van der Waals surface area contributed by atoms with Crippen molar-refractivity contribution in [2.75, 3.05) is 19.8 Å². The number of halogens is 6. The summed E-state index contributed by atoms with van der Waals surface area (Å²) in [6.07, 6.45) is -3.76. The van der Waals surface area contributed by atoms with Crippen LogP contribution in [0.1, 0.15) is 24.2 Å². The van der Waals surface area contributed by atoms with Crippen LogP contribution in [0.2, 0.25) is 0 Å². The second kappa shape index (κ2) is 14.1. The van der Waals surface area contributed by atoms with Crippen LogP contribution < -0.4 is 0 Å². The zero-order chi connectivity index (χ0) is 28.3. The fraction of sp³-hybridized carbons (Fsp3) is 0.522. The van der Waals surface area contributed by atoms with Gasteiger partial charge >= 0.3 is 24.3 Å². The van der Waals surface area contributed by atoms with Crippen LogP contribution in [0, 0.1) is 0 Å². The number of aromatic nitrogens is 2. The molecular weight excluding hydrogens is 528 g/mol. The topological polar surface area (TPSA) is 114 Å². The summed E-state index contributed by atoms with van der Waals surface area (Å²) in [7, 11) is 0. The van der Waals surface area contributed by atoms with Gasteiger partial charge in [-0.2, -0.15) is 26.3 Å². The van der Waals surface area contributed by atoms with E-state index < -0.39 is 24.3 Å². The lowest BCUT2D eigenvalue weighted by molar-refractivity contribution is -0.193. The van der Waals surface area contributed by atoms with E-state index in [2.05, 4.69) is 32.8 Å². The second-order valence-electron chi connectivity index (χ2n) is 8.28. The third-order valence-corrected chi connectivity index (χ3v) is 5.51. The number of ether oxygens (including phenoxy) is 2. The maximum absolute atomic E-state index is 10.6. The van der Waals surface area contributed by atoms with E-state index in [9.17, 15) is 26.3 Å². The van der Waals surface area contributed by atoms with Crippen molar-refractivity contribution in [2.45, 2.75) is 57.0 Å². The standard InChI is InChI=1S/C19H25N3O2.2C2HF3O2/c1-2-8-20-16(4-1)15-24-19-13-21-9-3-5-18(21)12-22(14-19)17-6-10-23-11-7-17;2*3-2(4,5)1(6)7/h1-5,8-9,17,19H,6-7,10-15H2;2*(H,6,7). The van der Waals surface area contributed by atoms with E-state index >= 15 is 0 Å². The zero-order valence-electron chi connectivity index (χ0n) is 20.0. The van der Waals surface area contributed by atoms with Gasteiger partial charge in [-0.1, -0.05) is 6.07 Å². The molecule has 2 N–H and O–H groups in total. The van der Waals surface area contributed by atoms with E-state index in [1.165, 1.54) is 5.69 Å². The Morgan fingerprint density at radius 1 is 0.974 bits per heavy atom. The predicted molar refractivity (Wildman–Crippen MR) is 119 cm³/mol. The highest BCUT2D eigenvalue weighted by Crippen LogP contribution is 2.22. The van der Waals surface area contributed by atoms with Gasteiger partial charge in [-0.15, -0.1) is 0 Å². The molecule has 2 aliphatic heterocycles. The normalized spacial score (nSPS) is 18.6. The Labute approximate surface area is 213 Å². The molecule has 2 aliphatic rings. The van der Waals surface area contributed by atoms with Crippen molar-refractivity contribution >= 4 is 11.9 Å². The summed E-state index contributed by atoms with van der Waals surface area (Å²) in [5.74, 6) is -5.51. The van der Waals surface area contributed by atoms with Crippen LogP contribution in [-0.4, -0.2) is 80.9 Å². The van der Waals surface area contributed by atoms with Gasteiger partial charge in [0, 0.05) is 57.0 Å². The summed E-state index contributed by atoms with van der Waals surface area (Å²) < 4.78 is 77.6.